The molecule has 168 valence electrons. The van der Waals surface area contributed by atoms with Gasteiger partial charge in [0.05, 0.1) is 5.71 Å². The smallest absolute Gasteiger partial charge is 0.370 e. The van der Waals surface area contributed by atoms with E-state index in [1.54, 1.807) is 6.20 Å². The molecule has 2 aromatic rings. The Hall–Kier alpha value is -3.16. The van der Waals surface area contributed by atoms with E-state index in [0.29, 0.717) is 19.5 Å². The second kappa shape index (κ2) is 9.54. The number of halogens is 3. The van der Waals surface area contributed by atoms with E-state index in [0.717, 1.165) is 52.4 Å². The van der Waals surface area contributed by atoms with E-state index < -0.39 is 12.1 Å². The third-order valence-electron chi connectivity index (χ3n) is 5.72. The largest absolute Gasteiger partial charge is 0.471 e. The number of benzene rings is 1. The van der Waals surface area contributed by atoms with E-state index >= 15 is 0 Å². The van der Waals surface area contributed by atoms with Crippen LogP contribution in [-0.2, 0) is 4.79 Å². The normalized spacial score (nSPS) is 19.0. The van der Waals surface area contributed by atoms with Crippen molar-refractivity contribution in [1.29, 1.82) is 0 Å². The summed E-state index contributed by atoms with van der Waals surface area (Å²) in [4.78, 5) is 23.5. The van der Waals surface area contributed by atoms with Gasteiger partial charge in [0.25, 0.3) is 0 Å². The maximum Gasteiger partial charge on any atom is 0.471 e. The topological polar surface area (TPSA) is 48.8 Å². The number of hydrogen-bond acceptors (Lipinski definition) is 4. The summed E-state index contributed by atoms with van der Waals surface area (Å²) in [5, 5.41) is 0. The van der Waals surface area contributed by atoms with Crippen LogP contribution in [0.5, 0.6) is 0 Å². The van der Waals surface area contributed by atoms with Gasteiger partial charge in [-0.2, -0.15) is 13.2 Å². The number of pyridine rings is 1. The number of aliphatic imine (C=N–C) groups is 1. The Labute approximate surface area is 185 Å². The molecule has 8 heteroatoms. The highest BCUT2D eigenvalue weighted by molar-refractivity contribution is 6.15. The Morgan fingerprint density at radius 1 is 1.03 bits per heavy atom. The summed E-state index contributed by atoms with van der Waals surface area (Å²) in [6, 6.07) is 11.9. The Morgan fingerprint density at radius 3 is 2.69 bits per heavy atom. The zero-order chi connectivity index (χ0) is 22.6. The van der Waals surface area contributed by atoms with Crippen molar-refractivity contribution in [2.45, 2.75) is 25.4 Å². The van der Waals surface area contributed by atoms with Crippen molar-refractivity contribution in [3.63, 3.8) is 0 Å². The van der Waals surface area contributed by atoms with E-state index in [9.17, 15) is 18.0 Å². The van der Waals surface area contributed by atoms with Crippen LogP contribution in [0.1, 0.15) is 30.4 Å². The van der Waals surface area contributed by atoms with Gasteiger partial charge in [0.15, 0.2) is 0 Å². The monoisotopic (exact) mass is 442 g/mol. The van der Waals surface area contributed by atoms with E-state index in [4.69, 9.17) is 4.99 Å². The number of anilines is 1. The highest BCUT2D eigenvalue weighted by Gasteiger charge is 2.42. The summed E-state index contributed by atoms with van der Waals surface area (Å²) in [7, 11) is 0. The van der Waals surface area contributed by atoms with Crippen molar-refractivity contribution in [2.75, 3.05) is 37.6 Å². The molecule has 0 bridgehead atoms. The molecule has 0 radical (unpaired) electrons. The molecular weight excluding hydrogens is 417 g/mol. The molecule has 32 heavy (non-hydrogen) atoms. The van der Waals surface area contributed by atoms with Crippen LogP contribution >= 0.6 is 0 Å². The average molecular weight is 442 g/mol. The number of carbonyl (C=O) groups excluding carboxylic acids is 1. The summed E-state index contributed by atoms with van der Waals surface area (Å²) >= 11 is 0. The third-order valence-corrected chi connectivity index (χ3v) is 5.72. The maximum atomic E-state index is 12.8. The van der Waals surface area contributed by atoms with Gasteiger partial charge in [-0.25, -0.2) is 0 Å². The lowest BCUT2D eigenvalue weighted by atomic mass is 9.95. The van der Waals surface area contributed by atoms with Crippen LogP contribution < -0.4 is 4.90 Å². The molecule has 1 aromatic heterocycles. The van der Waals surface area contributed by atoms with Crippen LogP contribution in [0.15, 0.2) is 59.4 Å². The fraction of sp³-hybridized carbons (Fsp3) is 0.375. The van der Waals surface area contributed by atoms with Gasteiger partial charge in [0.1, 0.15) is 0 Å². The Morgan fingerprint density at radius 2 is 1.91 bits per heavy atom. The Balaban J connectivity index is 1.52. The molecule has 5 nitrogen and oxygen atoms in total. The predicted molar refractivity (Wildman–Crippen MR) is 119 cm³/mol. The zero-order valence-electron chi connectivity index (χ0n) is 17.7. The molecule has 0 unspecified atom stereocenters. The minimum Gasteiger partial charge on any atom is -0.370 e. The van der Waals surface area contributed by atoms with Crippen LogP contribution in [0.25, 0.3) is 6.08 Å². The van der Waals surface area contributed by atoms with E-state index in [-0.39, 0.29) is 13.1 Å². The molecule has 0 N–H and O–H groups in total. The lowest BCUT2D eigenvalue weighted by molar-refractivity contribution is -0.185. The molecule has 0 atom stereocenters. The quantitative estimate of drug-likeness (QED) is 0.710. The molecule has 2 aliphatic rings. The van der Waals surface area contributed by atoms with Gasteiger partial charge in [-0.15, -0.1) is 0 Å². The predicted octanol–water partition coefficient (Wildman–Crippen LogP) is 4.35. The summed E-state index contributed by atoms with van der Waals surface area (Å²) in [5.41, 5.74) is 5.07. The number of alkyl halides is 3. The number of rotatable bonds is 3. The van der Waals surface area contributed by atoms with E-state index in [1.807, 2.05) is 47.5 Å². The molecule has 4 rings (SSSR count). The summed E-state index contributed by atoms with van der Waals surface area (Å²) in [6.45, 7) is 1.93. The summed E-state index contributed by atoms with van der Waals surface area (Å²) in [6.07, 6.45) is 3.27. The summed E-state index contributed by atoms with van der Waals surface area (Å²) < 4.78 is 38.4. The van der Waals surface area contributed by atoms with Crippen molar-refractivity contribution in [3.8, 4) is 0 Å². The standard InChI is InChI=1S/C24H25F3N4O/c25-24(26,27)23(32)31-12-4-11-30(13-14-31)21-8-1-5-18(16-21)15-19-6-3-10-29-22(19)20-7-2-9-28-17-20/h1-2,5,7-9,15-17H,3-4,6,10-14H2. The minimum atomic E-state index is -4.82. The fourth-order valence-electron chi connectivity index (χ4n) is 4.17. The van der Waals surface area contributed by atoms with Crippen molar-refractivity contribution in [2.24, 2.45) is 4.99 Å². The molecule has 1 aromatic carbocycles. The van der Waals surface area contributed by atoms with E-state index in [1.165, 1.54) is 0 Å². The van der Waals surface area contributed by atoms with Crippen LogP contribution in [0.4, 0.5) is 18.9 Å². The molecule has 3 heterocycles. The zero-order valence-corrected chi connectivity index (χ0v) is 17.7. The molecule has 0 aliphatic carbocycles. The Kier molecular flexibility index (Phi) is 6.58. The van der Waals surface area contributed by atoms with Gasteiger partial charge < -0.3 is 9.80 Å². The van der Waals surface area contributed by atoms with Crippen molar-refractivity contribution >= 4 is 23.4 Å². The number of carbonyl (C=O) groups is 1. The number of allylic oxidation sites excluding steroid dienone is 1. The van der Waals surface area contributed by atoms with Crippen molar-refractivity contribution in [3.05, 3.63) is 65.5 Å². The van der Waals surface area contributed by atoms with Gasteiger partial charge in [-0.3, -0.25) is 14.8 Å². The van der Waals surface area contributed by atoms with Gasteiger partial charge in [0, 0.05) is 56.4 Å². The first-order valence-electron chi connectivity index (χ1n) is 10.8. The highest BCUT2D eigenvalue weighted by Crippen LogP contribution is 2.25. The SMILES string of the molecule is O=C(N1CCCN(c2cccc(C=C3CCCN=C3c3cccnc3)c2)CC1)C(F)(F)F. The average Bonchev–Trinajstić information content (AvgIpc) is 3.05. The fourth-order valence-corrected chi connectivity index (χ4v) is 4.17. The van der Waals surface area contributed by atoms with Crippen molar-refractivity contribution in [1.82, 2.24) is 9.88 Å². The van der Waals surface area contributed by atoms with Gasteiger partial charge >= 0.3 is 12.1 Å². The summed E-state index contributed by atoms with van der Waals surface area (Å²) in [5.74, 6) is -1.75. The van der Waals surface area contributed by atoms with Gasteiger partial charge in [0.2, 0.25) is 0 Å². The first-order valence-corrected chi connectivity index (χ1v) is 10.8. The minimum absolute atomic E-state index is 0.0570. The van der Waals surface area contributed by atoms with Gasteiger partial charge in [-0.1, -0.05) is 12.1 Å². The second-order valence-electron chi connectivity index (χ2n) is 7.97. The highest BCUT2D eigenvalue weighted by atomic mass is 19.4. The van der Waals surface area contributed by atoms with Crippen LogP contribution in [0, 0.1) is 0 Å². The van der Waals surface area contributed by atoms with Crippen LogP contribution in [0.3, 0.4) is 0 Å². The molecule has 2 aliphatic heterocycles. The maximum absolute atomic E-state index is 12.8. The molecule has 0 spiro atoms. The molecule has 0 saturated carbocycles. The van der Waals surface area contributed by atoms with Gasteiger partial charge in [-0.05, 0) is 60.7 Å². The first kappa shape index (κ1) is 22.0. The molecular formula is C24H25F3N4O. The molecule has 1 fully saturated rings. The number of nitrogens with zero attached hydrogens (tertiary/aromatic N) is 4. The Bertz CT molecular complexity index is 1020. The second-order valence-corrected chi connectivity index (χ2v) is 7.97. The first-order chi connectivity index (χ1) is 15.4. The van der Waals surface area contributed by atoms with Crippen LogP contribution in [0.2, 0.25) is 0 Å². The van der Waals surface area contributed by atoms with Crippen molar-refractivity contribution < 1.29 is 18.0 Å². The number of hydrogen-bond donors (Lipinski definition) is 0. The third kappa shape index (κ3) is 5.18. The lowest BCUT2D eigenvalue weighted by Gasteiger charge is -2.24. The number of aromatic nitrogens is 1. The van der Waals surface area contributed by atoms with E-state index in [2.05, 4.69) is 11.1 Å². The molecule has 1 saturated heterocycles. The number of amides is 1. The molecule has 1 amide bonds. The van der Waals surface area contributed by atoms with Crippen LogP contribution in [-0.4, -0.2) is 60.4 Å². The lowest BCUT2D eigenvalue weighted by Crippen LogP contribution is -2.43.